The van der Waals surface area contributed by atoms with Gasteiger partial charge in [-0.3, -0.25) is 10.1 Å². The highest BCUT2D eigenvalue weighted by Crippen LogP contribution is 2.30. The van der Waals surface area contributed by atoms with Gasteiger partial charge < -0.3 is 5.32 Å². The van der Waals surface area contributed by atoms with Crippen molar-refractivity contribution in [2.75, 3.05) is 11.9 Å². The first-order valence-corrected chi connectivity index (χ1v) is 7.02. The number of benzene rings is 1. The molecule has 1 N–H and O–H groups in total. The van der Waals surface area contributed by atoms with Crippen LogP contribution in [0.25, 0.3) is 0 Å². The molecular formula is C15H20N4O2. The van der Waals surface area contributed by atoms with Crippen molar-refractivity contribution in [3.63, 3.8) is 0 Å². The minimum absolute atomic E-state index is 0.0663. The van der Waals surface area contributed by atoms with E-state index in [4.69, 9.17) is 0 Å². The third-order valence-corrected chi connectivity index (χ3v) is 3.27. The van der Waals surface area contributed by atoms with Crippen LogP contribution in [0.15, 0.2) is 30.3 Å². The molecule has 21 heavy (non-hydrogen) atoms. The summed E-state index contributed by atoms with van der Waals surface area (Å²) in [6, 6.07) is 10.1. The maximum Gasteiger partial charge on any atom is 0.333 e. The van der Waals surface area contributed by atoms with E-state index in [9.17, 15) is 10.1 Å². The zero-order chi connectivity index (χ0) is 15.4. The summed E-state index contributed by atoms with van der Waals surface area (Å²) < 4.78 is 1.68. The second kappa shape index (κ2) is 6.39. The summed E-state index contributed by atoms with van der Waals surface area (Å²) in [4.78, 5) is 10.9. The average Bonchev–Trinajstić information content (AvgIpc) is 2.77. The summed E-state index contributed by atoms with van der Waals surface area (Å²) in [5, 5.41) is 18.7. The fourth-order valence-corrected chi connectivity index (χ4v) is 2.27. The van der Waals surface area contributed by atoms with Crippen LogP contribution in [0.3, 0.4) is 0 Å². The molecule has 0 aliphatic rings. The van der Waals surface area contributed by atoms with Crippen LogP contribution in [-0.4, -0.2) is 21.2 Å². The topological polar surface area (TPSA) is 73.0 Å². The molecule has 0 saturated carbocycles. The summed E-state index contributed by atoms with van der Waals surface area (Å²) in [7, 11) is 0. The highest BCUT2D eigenvalue weighted by molar-refractivity contribution is 5.59. The maximum atomic E-state index is 11.2. The van der Waals surface area contributed by atoms with Gasteiger partial charge in [-0.05, 0) is 32.8 Å². The van der Waals surface area contributed by atoms with E-state index < -0.39 is 0 Å². The van der Waals surface area contributed by atoms with E-state index in [0.29, 0.717) is 18.1 Å². The third-order valence-electron chi connectivity index (χ3n) is 3.27. The standard InChI is InChI=1S/C15H20N4O2/c1-11(2)18-15(14(19(20)21)12(3)17-18)16-10-9-13-7-5-4-6-8-13/h4-8,11,16H,9-10H2,1-3H3. The third kappa shape index (κ3) is 3.39. The number of nitro groups is 1. The van der Waals surface area contributed by atoms with Crippen molar-refractivity contribution in [1.29, 1.82) is 0 Å². The highest BCUT2D eigenvalue weighted by atomic mass is 16.6. The lowest BCUT2D eigenvalue weighted by Crippen LogP contribution is -2.13. The zero-order valence-electron chi connectivity index (χ0n) is 12.5. The molecular weight excluding hydrogens is 268 g/mol. The van der Waals surface area contributed by atoms with Gasteiger partial charge in [0, 0.05) is 12.6 Å². The SMILES string of the molecule is Cc1nn(C(C)C)c(NCCc2ccccc2)c1[N+](=O)[O-]. The molecule has 0 atom stereocenters. The number of hydrogen-bond donors (Lipinski definition) is 1. The molecule has 1 heterocycles. The Morgan fingerprint density at radius 1 is 1.33 bits per heavy atom. The number of aryl methyl sites for hydroxylation is 1. The highest BCUT2D eigenvalue weighted by Gasteiger charge is 2.26. The van der Waals surface area contributed by atoms with Crippen LogP contribution in [-0.2, 0) is 6.42 Å². The van der Waals surface area contributed by atoms with Gasteiger partial charge in [-0.2, -0.15) is 5.10 Å². The van der Waals surface area contributed by atoms with Crippen molar-refractivity contribution in [3.05, 3.63) is 51.7 Å². The van der Waals surface area contributed by atoms with E-state index in [0.717, 1.165) is 6.42 Å². The fraction of sp³-hybridized carbons (Fsp3) is 0.400. The van der Waals surface area contributed by atoms with Gasteiger partial charge in [0.1, 0.15) is 5.69 Å². The Kier molecular flexibility index (Phi) is 4.57. The molecule has 1 aromatic heterocycles. The predicted octanol–water partition coefficient (Wildman–Crippen LogP) is 3.34. The van der Waals surface area contributed by atoms with Crippen molar-refractivity contribution in [2.24, 2.45) is 0 Å². The second-order valence-electron chi connectivity index (χ2n) is 5.24. The smallest absolute Gasteiger partial charge is 0.333 e. The number of rotatable bonds is 6. The lowest BCUT2D eigenvalue weighted by molar-refractivity contribution is -0.384. The first-order chi connectivity index (χ1) is 10.0. The summed E-state index contributed by atoms with van der Waals surface area (Å²) in [5.41, 5.74) is 1.70. The fourth-order valence-electron chi connectivity index (χ4n) is 2.27. The molecule has 0 aliphatic heterocycles. The Hall–Kier alpha value is -2.37. The Labute approximate surface area is 123 Å². The minimum Gasteiger partial charge on any atom is -0.364 e. The van der Waals surface area contributed by atoms with Crippen molar-refractivity contribution in [3.8, 4) is 0 Å². The minimum atomic E-state index is -0.369. The summed E-state index contributed by atoms with van der Waals surface area (Å²) in [6.45, 7) is 6.21. The molecule has 0 spiro atoms. The molecule has 6 heteroatoms. The summed E-state index contributed by atoms with van der Waals surface area (Å²) in [5.74, 6) is 0.489. The van der Waals surface area contributed by atoms with Crippen molar-refractivity contribution in [1.82, 2.24) is 9.78 Å². The number of anilines is 1. The van der Waals surface area contributed by atoms with E-state index in [1.165, 1.54) is 5.56 Å². The molecule has 6 nitrogen and oxygen atoms in total. The Morgan fingerprint density at radius 2 is 2.00 bits per heavy atom. The van der Waals surface area contributed by atoms with Gasteiger partial charge in [-0.25, -0.2) is 4.68 Å². The van der Waals surface area contributed by atoms with Crippen molar-refractivity contribution in [2.45, 2.75) is 33.2 Å². The quantitative estimate of drug-likeness (QED) is 0.653. The molecule has 2 rings (SSSR count). The van der Waals surface area contributed by atoms with Gasteiger partial charge in [-0.15, -0.1) is 0 Å². The molecule has 112 valence electrons. The van der Waals surface area contributed by atoms with Gasteiger partial charge in [0.25, 0.3) is 0 Å². The molecule has 1 aromatic carbocycles. The lowest BCUT2D eigenvalue weighted by Gasteiger charge is -2.12. The molecule has 0 saturated heterocycles. The van der Waals surface area contributed by atoms with Crippen LogP contribution in [0, 0.1) is 17.0 Å². The van der Waals surface area contributed by atoms with Crippen molar-refractivity contribution < 1.29 is 4.92 Å². The van der Waals surface area contributed by atoms with Crippen LogP contribution in [0.4, 0.5) is 11.5 Å². The summed E-state index contributed by atoms with van der Waals surface area (Å²) in [6.07, 6.45) is 0.806. The van der Waals surface area contributed by atoms with E-state index in [1.807, 2.05) is 44.2 Å². The first kappa shape index (κ1) is 15.0. The van der Waals surface area contributed by atoms with Gasteiger partial charge in [-0.1, -0.05) is 30.3 Å². The number of nitrogens with one attached hydrogen (secondary N) is 1. The Bertz CT molecular complexity index is 620. The average molecular weight is 288 g/mol. The molecule has 0 fully saturated rings. The van der Waals surface area contributed by atoms with Gasteiger partial charge in [0.05, 0.1) is 4.92 Å². The summed E-state index contributed by atoms with van der Waals surface area (Å²) >= 11 is 0. The second-order valence-corrected chi connectivity index (χ2v) is 5.24. The Morgan fingerprint density at radius 3 is 2.57 bits per heavy atom. The molecule has 0 radical (unpaired) electrons. The number of hydrogen-bond acceptors (Lipinski definition) is 4. The van der Waals surface area contributed by atoms with Gasteiger partial charge >= 0.3 is 5.69 Å². The van der Waals surface area contributed by atoms with Crippen molar-refractivity contribution >= 4 is 11.5 Å². The van der Waals surface area contributed by atoms with Crippen LogP contribution in [0.5, 0.6) is 0 Å². The molecule has 2 aromatic rings. The maximum absolute atomic E-state index is 11.2. The number of aromatic nitrogens is 2. The van der Waals surface area contributed by atoms with E-state index in [1.54, 1.807) is 11.6 Å². The first-order valence-electron chi connectivity index (χ1n) is 7.02. The zero-order valence-corrected chi connectivity index (χ0v) is 12.5. The molecule has 0 amide bonds. The Balaban J connectivity index is 2.16. The monoisotopic (exact) mass is 288 g/mol. The number of nitrogens with zero attached hydrogens (tertiary/aromatic N) is 3. The van der Waals surface area contributed by atoms with Crippen LogP contribution >= 0.6 is 0 Å². The predicted molar refractivity (Wildman–Crippen MR) is 82.6 cm³/mol. The van der Waals surface area contributed by atoms with Gasteiger partial charge in [0.15, 0.2) is 0 Å². The van der Waals surface area contributed by atoms with E-state index >= 15 is 0 Å². The molecule has 0 bridgehead atoms. The lowest BCUT2D eigenvalue weighted by atomic mass is 10.1. The van der Waals surface area contributed by atoms with E-state index in [2.05, 4.69) is 10.4 Å². The normalized spacial score (nSPS) is 10.9. The van der Waals surface area contributed by atoms with Crippen LogP contribution < -0.4 is 5.32 Å². The molecule has 0 aliphatic carbocycles. The largest absolute Gasteiger partial charge is 0.364 e. The molecule has 0 unspecified atom stereocenters. The van der Waals surface area contributed by atoms with Crippen LogP contribution in [0.2, 0.25) is 0 Å². The van der Waals surface area contributed by atoms with Crippen LogP contribution in [0.1, 0.15) is 31.1 Å². The van der Waals surface area contributed by atoms with E-state index in [-0.39, 0.29) is 16.7 Å². The van der Waals surface area contributed by atoms with Gasteiger partial charge in [0.2, 0.25) is 5.82 Å².